The van der Waals surface area contributed by atoms with Crippen molar-refractivity contribution in [2.24, 2.45) is 0 Å². The predicted octanol–water partition coefficient (Wildman–Crippen LogP) is 2.89. The van der Waals surface area contributed by atoms with E-state index < -0.39 is 0 Å². The Bertz CT molecular complexity index is 757. The predicted molar refractivity (Wildman–Crippen MR) is 76.6 cm³/mol. The number of rotatable bonds is 1. The lowest BCUT2D eigenvalue weighted by Gasteiger charge is -1.92. The lowest BCUT2D eigenvalue weighted by molar-refractivity contribution is 0.938. The number of benzene rings is 2. The average Bonchev–Trinajstić information content (AvgIpc) is 2.76. The van der Waals surface area contributed by atoms with Crippen molar-refractivity contribution in [3.63, 3.8) is 0 Å². The molecule has 88 valence electrons. The van der Waals surface area contributed by atoms with Gasteiger partial charge in [0.2, 0.25) is 0 Å². The van der Waals surface area contributed by atoms with Crippen LogP contribution >= 0.6 is 0 Å². The molecule has 1 aromatic heterocycles. The van der Waals surface area contributed by atoms with Gasteiger partial charge >= 0.3 is 0 Å². The van der Waals surface area contributed by atoms with Crippen molar-refractivity contribution in [3.8, 4) is 11.8 Å². The highest BCUT2D eigenvalue weighted by atomic mass is 14.8. The molecule has 3 rings (SSSR count). The molecule has 0 bridgehead atoms. The molecule has 0 saturated heterocycles. The molecule has 2 nitrogen and oxygen atoms in total. The number of para-hydroxylation sites is 1. The maximum absolute atomic E-state index is 3.43. The number of hydrogen-bond acceptors (Lipinski definition) is 1. The number of hydrogen-bond donors (Lipinski definition) is 2. The average molecular weight is 234 g/mol. The van der Waals surface area contributed by atoms with E-state index in [1.54, 1.807) is 0 Å². The van der Waals surface area contributed by atoms with E-state index in [1.165, 1.54) is 16.3 Å². The van der Waals surface area contributed by atoms with E-state index in [9.17, 15) is 0 Å². The van der Waals surface area contributed by atoms with Crippen LogP contribution in [-0.2, 0) is 0 Å². The third kappa shape index (κ3) is 1.85. The number of nitrogens with one attached hydrogen (secondary N) is 2. The summed E-state index contributed by atoms with van der Waals surface area (Å²) in [4.78, 5) is 3.43. The fourth-order valence-electron chi connectivity index (χ4n) is 2.17. The zero-order valence-corrected chi connectivity index (χ0v) is 10.2. The molecule has 18 heavy (non-hydrogen) atoms. The van der Waals surface area contributed by atoms with Gasteiger partial charge in [0.15, 0.2) is 0 Å². The maximum Gasteiger partial charge on any atom is 0.0577 e. The summed E-state index contributed by atoms with van der Waals surface area (Å²) in [5, 5.41) is 5.54. The fraction of sp³-hybridized carbons (Fsp3) is 0.125. The van der Waals surface area contributed by atoms with Crippen LogP contribution in [0.2, 0.25) is 0 Å². The monoisotopic (exact) mass is 234 g/mol. The molecule has 0 unspecified atom stereocenters. The smallest absolute Gasteiger partial charge is 0.0577 e. The van der Waals surface area contributed by atoms with Crippen molar-refractivity contribution >= 4 is 21.8 Å². The molecule has 0 fully saturated rings. The highest BCUT2D eigenvalue weighted by molar-refractivity contribution is 6.07. The first-order valence-corrected chi connectivity index (χ1v) is 6.02. The van der Waals surface area contributed by atoms with Crippen LogP contribution in [0.1, 0.15) is 5.56 Å². The molecule has 0 saturated carbocycles. The second kappa shape index (κ2) is 4.56. The quantitative estimate of drug-likeness (QED) is 0.622. The van der Waals surface area contributed by atoms with Gasteiger partial charge in [-0.05, 0) is 25.2 Å². The van der Waals surface area contributed by atoms with Gasteiger partial charge in [0.05, 0.1) is 6.54 Å². The summed E-state index contributed by atoms with van der Waals surface area (Å²) in [6, 6.07) is 14.7. The molecule has 0 spiro atoms. The van der Waals surface area contributed by atoms with Crippen molar-refractivity contribution < 1.29 is 0 Å². The van der Waals surface area contributed by atoms with Gasteiger partial charge in [-0.15, -0.1) is 0 Å². The molecule has 0 aliphatic carbocycles. The van der Waals surface area contributed by atoms with Crippen LogP contribution in [0.3, 0.4) is 0 Å². The van der Waals surface area contributed by atoms with E-state index >= 15 is 0 Å². The van der Waals surface area contributed by atoms with Gasteiger partial charge in [0.1, 0.15) is 0 Å². The first-order valence-electron chi connectivity index (χ1n) is 6.02. The molecule has 0 aliphatic rings. The van der Waals surface area contributed by atoms with Crippen LogP contribution in [-0.4, -0.2) is 18.6 Å². The molecule has 2 N–H and O–H groups in total. The molecule has 2 aromatic carbocycles. The first kappa shape index (κ1) is 10.9. The highest BCUT2D eigenvalue weighted by Gasteiger charge is 2.02. The number of aromatic nitrogens is 1. The molecular formula is C16H14N2. The molecule has 1 heterocycles. The van der Waals surface area contributed by atoms with Gasteiger partial charge in [-0.3, -0.25) is 0 Å². The Morgan fingerprint density at radius 2 is 1.89 bits per heavy atom. The SMILES string of the molecule is CNCC#Cc1ccc2c(c1)[nH]c1ccccc12. The van der Waals surface area contributed by atoms with Crippen molar-refractivity contribution in [1.82, 2.24) is 10.3 Å². The Morgan fingerprint density at radius 3 is 2.78 bits per heavy atom. The third-order valence-electron chi connectivity index (χ3n) is 3.00. The lowest BCUT2D eigenvalue weighted by atomic mass is 10.1. The molecule has 0 amide bonds. The Hall–Kier alpha value is -2.24. The normalized spacial score (nSPS) is 10.5. The number of aromatic amines is 1. The summed E-state index contributed by atoms with van der Waals surface area (Å²) in [7, 11) is 1.90. The minimum Gasteiger partial charge on any atom is -0.354 e. The van der Waals surface area contributed by atoms with Crippen LogP contribution in [0, 0.1) is 11.8 Å². The van der Waals surface area contributed by atoms with E-state index in [0.717, 1.165) is 11.1 Å². The third-order valence-corrected chi connectivity index (χ3v) is 3.00. The number of fused-ring (bicyclic) bond motifs is 3. The van der Waals surface area contributed by atoms with Gasteiger partial charge in [0.25, 0.3) is 0 Å². The minimum atomic E-state index is 0.713. The van der Waals surface area contributed by atoms with Gasteiger partial charge < -0.3 is 10.3 Å². The van der Waals surface area contributed by atoms with Crippen LogP contribution < -0.4 is 5.32 Å². The topological polar surface area (TPSA) is 27.8 Å². The van der Waals surface area contributed by atoms with E-state index in [1.807, 2.05) is 13.1 Å². The Labute approximate surface area is 106 Å². The summed E-state index contributed by atoms with van der Waals surface area (Å²) in [5.74, 6) is 6.22. The van der Waals surface area contributed by atoms with E-state index in [4.69, 9.17) is 0 Å². The van der Waals surface area contributed by atoms with Crippen molar-refractivity contribution in [3.05, 3.63) is 48.0 Å². The lowest BCUT2D eigenvalue weighted by Crippen LogP contribution is -2.04. The van der Waals surface area contributed by atoms with Gasteiger partial charge in [-0.25, -0.2) is 0 Å². The van der Waals surface area contributed by atoms with Crippen LogP contribution in [0.5, 0.6) is 0 Å². The van der Waals surface area contributed by atoms with E-state index in [2.05, 4.69) is 58.5 Å². The Morgan fingerprint density at radius 1 is 1.06 bits per heavy atom. The van der Waals surface area contributed by atoms with E-state index in [-0.39, 0.29) is 0 Å². The molecular weight excluding hydrogens is 220 g/mol. The molecule has 0 atom stereocenters. The molecule has 0 aliphatic heterocycles. The van der Waals surface area contributed by atoms with Gasteiger partial charge in [0, 0.05) is 27.4 Å². The summed E-state index contributed by atoms with van der Waals surface area (Å²) in [6.07, 6.45) is 0. The Balaban J connectivity index is 2.13. The van der Waals surface area contributed by atoms with Gasteiger partial charge in [-0.1, -0.05) is 36.1 Å². The molecule has 0 radical (unpaired) electrons. The first-order chi connectivity index (χ1) is 8.88. The second-order valence-electron chi connectivity index (χ2n) is 4.26. The summed E-state index contributed by atoms with van der Waals surface area (Å²) in [5.41, 5.74) is 3.37. The van der Waals surface area contributed by atoms with Crippen molar-refractivity contribution in [2.75, 3.05) is 13.6 Å². The Kier molecular flexibility index (Phi) is 2.76. The highest BCUT2D eigenvalue weighted by Crippen LogP contribution is 2.25. The largest absolute Gasteiger partial charge is 0.354 e. The molecule has 2 heteroatoms. The van der Waals surface area contributed by atoms with Crippen molar-refractivity contribution in [1.29, 1.82) is 0 Å². The van der Waals surface area contributed by atoms with Gasteiger partial charge in [-0.2, -0.15) is 0 Å². The zero-order valence-electron chi connectivity index (χ0n) is 10.2. The van der Waals surface area contributed by atoms with E-state index in [0.29, 0.717) is 6.54 Å². The molecule has 3 aromatic rings. The van der Waals surface area contributed by atoms with Crippen LogP contribution in [0.15, 0.2) is 42.5 Å². The standard InChI is InChI=1S/C16H14N2/c1-17-10-4-5-12-8-9-14-13-6-2-3-7-15(13)18-16(14)11-12/h2-3,6-9,11,17-18H,10H2,1H3. The zero-order chi connectivity index (χ0) is 12.4. The fourth-order valence-corrected chi connectivity index (χ4v) is 2.17. The summed E-state index contributed by atoms with van der Waals surface area (Å²) < 4.78 is 0. The maximum atomic E-state index is 3.43. The van der Waals surface area contributed by atoms with Crippen LogP contribution in [0.4, 0.5) is 0 Å². The minimum absolute atomic E-state index is 0.713. The summed E-state index contributed by atoms with van der Waals surface area (Å²) in [6.45, 7) is 0.713. The van der Waals surface area contributed by atoms with Crippen LogP contribution in [0.25, 0.3) is 21.8 Å². The van der Waals surface area contributed by atoms with Crippen molar-refractivity contribution in [2.45, 2.75) is 0 Å². The second-order valence-corrected chi connectivity index (χ2v) is 4.26. The summed E-state index contributed by atoms with van der Waals surface area (Å²) >= 11 is 0. The number of H-pyrrole nitrogens is 1.